The van der Waals surface area contributed by atoms with Crippen LogP contribution in [-0.2, 0) is 7.05 Å². The summed E-state index contributed by atoms with van der Waals surface area (Å²) in [5.41, 5.74) is 0. The van der Waals surface area contributed by atoms with Gasteiger partial charge in [-0.2, -0.15) is 0 Å². The molecule has 0 N–H and O–H groups in total. The van der Waals surface area contributed by atoms with Gasteiger partial charge < -0.3 is 9.30 Å². The van der Waals surface area contributed by atoms with Crippen LogP contribution in [-0.4, -0.2) is 4.57 Å². The number of ether oxygens (including phenoxy) is 1. The molecule has 0 fully saturated rings. The van der Waals surface area contributed by atoms with Gasteiger partial charge in [-0.15, -0.1) is 0 Å². The van der Waals surface area contributed by atoms with Gasteiger partial charge in [0.2, 0.25) is 11.6 Å². The van der Waals surface area contributed by atoms with Crippen molar-refractivity contribution in [1.82, 2.24) is 4.57 Å². The van der Waals surface area contributed by atoms with Gasteiger partial charge in [-0.3, -0.25) is 0 Å². The number of aryl methyl sites for hydroxylation is 1. The molecule has 0 saturated heterocycles. The Morgan fingerprint density at radius 3 is 2.40 bits per heavy atom. The summed E-state index contributed by atoms with van der Waals surface area (Å²) in [6, 6.07) is 6.75. The first-order valence-electron chi connectivity index (χ1n) is 4.34. The van der Waals surface area contributed by atoms with E-state index in [0.717, 1.165) is 12.1 Å². The van der Waals surface area contributed by atoms with E-state index in [2.05, 4.69) is 6.20 Å². The summed E-state index contributed by atoms with van der Waals surface area (Å²) in [5, 5.41) is 0. The maximum Gasteiger partial charge on any atom is 0.200 e. The van der Waals surface area contributed by atoms with Crippen LogP contribution >= 0.6 is 0 Å². The van der Waals surface area contributed by atoms with E-state index in [1.54, 1.807) is 19.2 Å². The first-order chi connectivity index (χ1) is 7.18. The van der Waals surface area contributed by atoms with E-state index >= 15 is 0 Å². The van der Waals surface area contributed by atoms with Gasteiger partial charge in [-0.25, -0.2) is 8.78 Å². The molecule has 0 atom stereocenters. The molecule has 0 spiro atoms. The van der Waals surface area contributed by atoms with Crippen molar-refractivity contribution in [2.24, 2.45) is 7.05 Å². The van der Waals surface area contributed by atoms with E-state index in [-0.39, 0.29) is 0 Å². The second kappa shape index (κ2) is 3.73. The van der Waals surface area contributed by atoms with Crippen molar-refractivity contribution in [3.8, 4) is 11.6 Å². The molecule has 77 valence electrons. The maximum absolute atomic E-state index is 13.2. The Kier molecular flexibility index (Phi) is 2.41. The van der Waals surface area contributed by atoms with Crippen LogP contribution in [0, 0.1) is 17.8 Å². The first-order valence-corrected chi connectivity index (χ1v) is 4.34. The lowest BCUT2D eigenvalue weighted by Crippen LogP contribution is -1.96. The second-order valence-corrected chi connectivity index (χ2v) is 3.01. The third-order valence-electron chi connectivity index (χ3n) is 1.95. The SMILES string of the molecule is Cn1[c]ccc1Oc1c(F)cccc1F. The Labute approximate surface area is 85.7 Å². The van der Waals surface area contributed by atoms with Crippen LogP contribution in [0.25, 0.3) is 0 Å². The van der Waals surface area contributed by atoms with Crippen LogP contribution in [0.4, 0.5) is 8.78 Å². The third-order valence-corrected chi connectivity index (χ3v) is 1.95. The number of halogens is 2. The lowest BCUT2D eigenvalue weighted by molar-refractivity contribution is 0.384. The summed E-state index contributed by atoms with van der Waals surface area (Å²) in [7, 11) is 1.67. The molecule has 2 nitrogen and oxygen atoms in total. The standard InChI is InChI=1S/C11H8F2NO/c1-14-7-3-6-10(14)15-11-8(12)4-2-5-9(11)13/h2-6H,1H3. The van der Waals surface area contributed by atoms with Crippen molar-refractivity contribution in [1.29, 1.82) is 0 Å². The summed E-state index contributed by atoms with van der Waals surface area (Å²) in [5.74, 6) is -1.51. The van der Waals surface area contributed by atoms with E-state index < -0.39 is 17.4 Å². The van der Waals surface area contributed by atoms with Gasteiger partial charge in [-0.1, -0.05) is 6.07 Å². The predicted octanol–water partition coefficient (Wildman–Crippen LogP) is 2.90. The van der Waals surface area contributed by atoms with Gasteiger partial charge in [0.1, 0.15) is 0 Å². The highest BCUT2D eigenvalue weighted by molar-refractivity contribution is 5.30. The van der Waals surface area contributed by atoms with E-state index in [9.17, 15) is 8.78 Å². The monoisotopic (exact) mass is 208 g/mol. The van der Waals surface area contributed by atoms with Gasteiger partial charge >= 0.3 is 0 Å². The molecule has 1 aromatic heterocycles. The van der Waals surface area contributed by atoms with Gasteiger partial charge in [0.25, 0.3) is 0 Å². The lowest BCUT2D eigenvalue weighted by Gasteiger charge is -2.07. The summed E-state index contributed by atoms with van der Waals surface area (Å²) in [6.07, 6.45) is 2.77. The molecule has 2 aromatic rings. The van der Waals surface area contributed by atoms with Crippen LogP contribution in [0.1, 0.15) is 0 Å². The number of para-hydroxylation sites is 1. The summed E-state index contributed by atoms with van der Waals surface area (Å²) < 4.78 is 33.0. The molecule has 4 heteroatoms. The molecule has 0 saturated carbocycles. The number of benzene rings is 1. The lowest BCUT2D eigenvalue weighted by atomic mass is 10.3. The number of rotatable bonds is 2. The Balaban J connectivity index is 2.36. The molecular weight excluding hydrogens is 200 g/mol. The molecule has 0 bridgehead atoms. The summed E-state index contributed by atoms with van der Waals surface area (Å²) in [4.78, 5) is 0. The Morgan fingerprint density at radius 2 is 1.87 bits per heavy atom. The zero-order valence-electron chi connectivity index (χ0n) is 8.00. The normalized spacial score (nSPS) is 10.3. The third kappa shape index (κ3) is 1.83. The molecule has 2 rings (SSSR count). The van der Waals surface area contributed by atoms with Crippen molar-refractivity contribution in [3.63, 3.8) is 0 Å². The van der Waals surface area contributed by atoms with Gasteiger partial charge in [0, 0.05) is 13.1 Å². The Hall–Kier alpha value is -1.84. The van der Waals surface area contributed by atoms with E-state index in [0.29, 0.717) is 5.88 Å². The Morgan fingerprint density at radius 1 is 1.20 bits per heavy atom. The molecule has 1 heterocycles. The topological polar surface area (TPSA) is 14.2 Å². The van der Waals surface area contributed by atoms with Crippen molar-refractivity contribution in [3.05, 3.63) is 48.2 Å². The van der Waals surface area contributed by atoms with Crippen LogP contribution in [0.15, 0.2) is 30.3 Å². The van der Waals surface area contributed by atoms with Crippen molar-refractivity contribution >= 4 is 0 Å². The van der Waals surface area contributed by atoms with Gasteiger partial charge in [0.05, 0.1) is 6.20 Å². The molecule has 0 aliphatic carbocycles. The number of nitrogens with zero attached hydrogens (tertiary/aromatic N) is 1. The minimum Gasteiger partial charge on any atom is -0.435 e. The van der Waals surface area contributed by atoms with Crippen molar-refractivity contribution in [2.75, 3.05) is 0 Å². The minimum absolute atomic E-state index is 0.332. The van der Waals surface area contributed by atoms with Crippen LogP contribution in [0.5, 0.6) is 11.6 Å². The highest BCUT2D eigenvalue weighted by Gasteiger charge is 2.11. The molecular formula is C11H8F2NO. The average molecular weight is 208 g/mol. The largest absolute Gasteiger partial charge is 0.435 e. The zero-order chi connectivity index (χ0) is 10.8. The van der Waals surface area contributed by atoms with Crippen molar-refractivity contribution in [2.45, 2.75) is 0 Å². The number of hydrogen-bond donors (Lipinski definition) is 0. The highest BCUT2D eigenvalue weighted by atomic mass is 19.1. The Bertz CT molecular complexity index is 459. The highest BCUT2D eigenvalue weighted by Crippen LogP contribution is 2.26. The number of hydrogen-bond acceptors (Lipinski definition) is 1. The molecule has 0 aliphatic rings. The molecule has 0 amide bonds. The molecule has 15 heavy (non-hydrogen) atoms. The van der Waals surface area contributed by atoms with Crippen LogP contribution in [0.2, 0.25) is 0 Å². The van der Waals surface area contributed by atoms with Gasteiger partial charge in [0.15, 0.2) is 11.6 Å². The minimum atomic E-state index is -0.726. The smallest absolute Gasteiger partial charge is 0.200 e. The fourth-order valence-electron chi connectivity index (χ4n) is 1.18. The maximum atomic E-state index is 13.2. The summed E-state index contributed by atoms with van der Waals surface area (Å²) >= 11 is 0. The molecule has 0 unspecified atom stereocenters. The van der Waals surface area contributed by atoms with Crippen molar-refractivity contribution < 1.29 is 13.5 Å². The first kappa shape index (κ1) is 9.71. The average Bonchev–Trinajstić information content (AvgIpc) is 2.58. The second-order valence-electron chi connectivity index (χ2n) is 3.01. The fraction of sp³-hybridized carbons (Fsp3) is 0.0909. The molecule has 0 aliphatic heterocycles. The van der Waals surface area contributed by atoms with Crippen LogP contribution in [0.3, 0.4) is 0 Å². The van der Waals surface area contributed by atoms with E-state index in [1.165, 1.54) is 10.6 Å². The predicted molar refractivity (Wildman–Crippen MR) is 50.7 cm³/mol. The summed E-state index contributed by atoms with van der Waals surface area (Å²) in [6.45, 7) is 0. The zero-order valence-corrected chi connectivity index (χ0v) is 8.00. The number of aromatic nitrogens is 1. The van der Waals surface area contributed by atoms with Crippen LogP contribution < -0.4 is 4.74 Å². The van der Waals surface area contributed by atoms with Gasteiger partial charge in [-0.05, 0) is 18.2 Å². The molecule has 1 radical (unpaired) electrons. The van der Waals surface area contributed by atoms with E-state index in [4.69, 9.17) is 4.74 Å². The fourth-order valence-corrected chi connectivity index (χ4v) is 1.18. The van der Waals surface area contributed by atoms with E-state index in [1.807, 2.05) is 0 Å². The molecule has 1 aromatic carbocycles. The quantitative estimate of drug-likeness (QED) is 0.740.